The molecule has 0 atom stereocenters. The fraction of sp³-hybridized carbons (Fsp3) is 0.294. The third-order valence-corrected chi connectivity index (χ3v) is 3.73. The number of hydrogen-bond donors (Lipinski definition) is 1. The second-order valence-electron chi connectivity index (χ2n) is 4.79. The molecule has 0 aliphatic rings. The summed E-state index contributed by atoms with van der Waals surface area (Å²) in [6.07, 6.45) is 1.92. The lowest BCUT2D eigenvalue weighted by atomic mass is 10.1. The molecule has 2 N–H and O–H groups in total. The highest BCUT2D eigenvalue weighted by Crippen LogP contribution is 2.29. The Morgan fingerprint density at radius 1 is 1.00 bits per heavy atom. The minimum Gasteiger partial charge on any atom is -0.493 e. The van der Waals surface area contributed by atoms with Crippen LogP contribution in [0.1, 0.15) is 17.5 Å². The molecule has 0 aliphatic heterocycles. The molecule has 0 bridgehead atoms. The van der Waals surface area contributed by atoms with Crippen LogP contribution in [0.5, 0.6) is 11.5 Å². The van der Waals surface area contributed by atoms with Crippen LogP contribution in [-0.4, -0.2) is 13.7 Å². The molecule has 2 rings (SSSR count). The van der Waals surface area contributed by atoms with Gasteiger partial charge in [-0.25, -0.2) is 0 Å². The van der Waals surface area contributed by atoms with Crippen LogP contribution in [0.4, 0.5) is 0 Å². The number of ether oxygens (including phenoxy) is 2. The Labute approximate surface area is 134 Å². The van der Waals surface area contributed by atoms with Crippen LogP contribution in [0, 0.1) is 0 Å². The van der Waals surface area contributed by atoms with E-state index in [0.717, 1.165) is 34.4 Å². The highest BCUT2D eigenvalue weighted by molar-refractivity contribution is 9.10. The number of methoxy groups -OCH3 is 1. The van der Waals surface area contributed by atoms with Crippen molar-refractivity contribution in [3.63, 3.8) is 0 Å². The first-order valence-corrected chi connectivity index (χ1v) is 7.76. The van der Waals surface area contributed by atoms with Crippen LogP contribution in [0.2, 0.25) is 0 Å². The fourth-order valence-electron chi connectivity index (χ4n) is 2.04. The van der Waals surface area contributed by atoms with Crippen molar-refractivity contribution in [1.82, 2.24) is 0 Å². The van der Waals surface area contributed by atoms with Crippen molar-refractivity contribution in [1.29, 1.82) is 0 Å². The predicted octanol–water partition coefficient (Wildman–Crippen LogP) is 3.93. The van der Waals surface area contributed by atoms with Gasteiger partial charge in [0.15, 0.2) is 11.5 Å². The lowest BCUT2D eigenvalue weighted by Crippen LogP contribution is -2.02. The number of rotatable bonds is 7. The Bertz CT molecular complexity index is 570. The maximum absolute atomic E-state index is 5.90. The van der Waals surface area contributed by atoms with E-state index in [4.69, 9.17) is 15.2 Å². The van der Waals surface area contributed by atoms with Crippen LogP contribution < -0.4 is 15.2 Å². The lowest BCUT2D eigenvalue weighted by molar-refractivity contribution is 0.284. The van der Waals surface area contributed by atoms with Gasteiger partial charge in [0, 0.05) is 4.47 Å². The van der Waals surface area contributed by atoms with E-state index in [-0.39, 0.29) is 0 Å². The lowest BCUT2D eigenvalue weighted by Gasteiger charge is -2.12. The third kappa shape index (κ3) is 4.76. The van der Waals surface area contributed by atoms with Crippen molar-refractivity contribution in [2.24, 2.45) is 5.73 Å². The Kier molecular flexibility index (Phi) is 6.08. The summed E-state index contributed by atoms with van der Waals surface area (Å²) in [5, 5.41) is 0. The number of nitrogens with two attached hydrogens (primary N) is 1. The zero-order valence-electron chi connectivity index (χ0n) is 12.1. The maximum Gasteiger partial charge on any atom is 0.161 e. The number of hydrogen-bond acceptors (Lipinski definition) is 3. The Hall–Kier alpha value is -1.52. The maximum atomic E-state index is 5.90. The van der Waals surface area contributed by atoms with Crippen LogP contribution in [0.25, 0.3) is 0 Å². The SMILES string of the molecule is COc1ccc(CCCN)cc1OCc1ccc(Br)cc1. The summed E-state index contributed by atoms with van der Waals surface area (Å²) < 4.78 is 12.3. The Morgan fingerprint density at radius 2 is 1.71 bits per heavy atom. The molecule has 3 nitrogen and oxygen atoms in total. The summed E-state index contributed by atoms with van der Waals surface area (Å²) in [4.78, 5) is 0. The Morgan fingerprint density at radius 3 is 2.38 bits per heavy atom. The quantitative estimate of drug-likeness (QED) is 0.823. The largest absolute Gasteiger partial charge is 0.493 e. The normalized spacial score (nSPS) is 10.4. The van der Waals surface area contributed by atoms with Gasteiger partial charge in [-0.3, -0.25) is 0 Å². The van der Waals surface area contributed by atoms with Crippen LogP contribution in [-0.2, 0) is 13.0 Å². The molecule has 2 aromatic carbocycles. The minimum atomic E-state index is 0.518. The molecule has 0 unspecified atom stereocenters. The molecule has 2 aromatic rings. The Balaban J connectivity index is 2.07. The van der Waals surface area contributed by atoms with Gasteiger partial charge in [-0.05, 0) is 54.8 Å². The van der Waals surface area contributed by atoms with Gasteiger partial charge in [0.05, 0.1) is 7.11 Å². The summed E-state index contributed by atoms with van der Waals surface area (Å²) in [6.45, 7) is 1.21. The van der Waals surface area contributed by atoms with Gasteiger partial charge in [0.2, 0.25) is 0 Å². The molecule has 0 saturated carbocycles. The predicted molar refractivity (Wildman–Crippen MR) is 88.8 cm³/mol. The van der Waals surface area contributed by atoms with E-state index in [9.17, 15) is 0 Å². The molecule has 0 radical (unpaired) electrons. The van der Waals surface area contributed by atoms with Gasteiger partial charge in [-0.2, -0.15) is 0 Å². The number of halogens is 1. The summed E-state index contributed by atoms with van der Waals surface area (Å²) in [6, 6.07) is 14.1. The second kappa shape index (κ2) is 8.05. The summed E-state index contributed by atoms with van der Waals surface area (Å²) in [7, 11) is 1.65. The fourth-order valence-corrected chi connectivity index (χ4v) is 2.30. The average molecular weight is 350 g/mol. The van der Waals surface area contributed by atoms with Gasteiger partial charge >= 0.3 is 0 Å². The minimum absolute atomic E-state index is 0.518. The zero-order valence-corrected chi connectivity index (χ0v) is 13.7. The molecule has 0 aromatic heterocycles. The molecule has 0 aliphatic carbocycles. The topological polar surface area (TPSA) is 44.5 Å². The van der Waals surface area contributed by atoms with Gasteiger partial charge in [-0.15, -0.1) is 0 Å². The van der Waals surface area contributed by atoms with E-state index in [1.807, 2.05) is 36.4 Å². The van der Waals surface area contributed by atoms with E-state index in [1.54, 1.807) is 7.11 Å². The van der Waals surface area contributed by atoms with E-state index >= 15 is 0 Å². The van der Waals surface area contributed by atoms with Crippen molar-refractivity contribution in [2.75, 3.05) is 13.7 Å². The monoisotopic (exact) mass is 349 g/mol. The highest BCUT2D eigenvalue weighted by Gasteiger charge is 2.06. The zero-order chi connectivity index (χ0) is 15.1. The smallest absolute Gasteiger partial charge is 0.161 e. The molecule has 0 amide bonds. The van der Waals surface area contributed by atoms with Gasteiger partial charge in [0.1, 0.15) is 6.61 Å². The highest BCUT2D eigenvalue weighted by atomic mass is 79.9. The third-order valence-electron chi connectivity index (χ3n) is 3.21. The molecule has 0 spiro atoms. The number of benzene rings is 2. The molecular formula is C17H20BrNO2. The van der Waals surface area contributed by atoms with Crippen molar-refractivity contribution in [3.05, 3.63) is 58.1 Å². The van der Waals surface area contributed by atoms with E-state index in [0.29, 0.717) is 13.2 Å². The summed E-state index contributed by atoms with van der Waals surface area (Å²) >= 11 is 3.43. The molecule has 112 valence electrons. The van der Waals surface area contributed by atoms with E-state index < -0.39 is 0 Å². The van der Waals surface area contributed by atoms with Crippen molar-refractivity contribution >= 4 is 15.9 Å². The molecule has 21 heavy (non-hydrogen) atoms. The van der Waals surface area contributed by atoms with E-state index in [1.165, 1.54) is 5.56 Å². The van der Waals surface area contributed by atoms with E-state index in [2.05, 4.69) is 22.0 Å². The van der Waals surface area contributed by atoms with Gasteiger partial charge < -0.3 is 15.2 Å². The molecule has 0 heterocycles. The van der Waals surface area contributed by atoms with Crippen LogP contribution in [0.15, 0.2) is 46.9 Å². The van der Waals surface area contributed by atoms with Crippen LogP contribution in [0.3, 0.4) is 0 Å². The van der Waals surface area contributed by atoms with Gasteiger partial charge in [-0.1, -0.05) is 34.1 Å². The summed E-state index contributed by atoms with van der Waals surface area (Å²) in [5.74, 6) is 1.53. The molecule has 4 heteroatoms. The number of aryl methyl sites for hydroxylation is 1. The molecule has 0 fully saturated rings. The summed E-state index contributed by atoms with van der Waals surface area (Å²) in [5.41, 5.74) is 7.89. The second-order valence-corrected chi connectivity index (χ2v) is 5.71. The van der Waals surface area contributed by atoms with Gasteiger partial charge in [0.25, 0.3) is 0 Å². The molecular weight excluding hydrogens is 330 g/mol. The van der Waals surface area contributed by atoms with Crippen molar-refractivity contribution in [3.8, 4) is 11.5 Å². The molecule has 0 saturated heterocycles. The van der Waals surface area contributed by atoms with Crippen molar-refractivity contribution in [2.45, 2.75) is 19.4 Å². The average Bonchev–Trinajstić information content (AvgIpc) is 2.52. The first kappa shape index (κ1) is 15.9. The van der Waals surface area contributed by atoms with Crippen LogP contribution >= 0.6 is 15.9 Å². The standard InChI is InChI=1S/C17H20BrNO2/c1-20-16-9-6-13(3-2-10-19)11-17(16)21-12-14-4-7-15(18)8-5-14/h4-9,11H,2-3,10,12,19H2,1H3. The first-order valence-electron chi connectivity index (χ1n) is 6.97. The van der Waals surface area contributed by atoms with Crippen molar-refractivity contribution < 1.29 is 9.47 Å². The first-order chi connectivity index (χ1) is 10.2.